The SMILES string of the molecule is Cc1ccc(CC(CC(=O)Nc2cccc(Cl)c2C)C(=O)O)cc1. The monoisotopic (exact) mass is 345 g/mol. The summed E-state index contributed by atoms with van der Waals surface area (Å²) in [6, 6.07) is 12.9. The Morgan fingerprint density at radius 1 is 1.12 bits per heavy atom. The van der Waals surface area contributed by atoms with Gasteiger partial charge in [0.05, 0.1) is 5.92 Å². The summed E-state index contributed by atoms with van der Waals surface area (Å²) in [5.41, 5.74) is 3.38. The molecule has 1 amide bonds. The van der Waals surface area contributed by atoms with Crippen LogP contribution >= 0.6 is 11.6 Å². The molecule has 0 aliphatic rings. The molecule has 126 valence electrons. The summed E-state index contributed by atoms with van der Waals surface area (Å²) in [6.45, 7) is 3.78. The number of carbonyl (C=O) groups is 2. The van der Waals surface area contributed by atoms with E-state index in [2.05, 4.69) is 5.32 Å². The number of rotatable bonds is 6. The van der Waals surface area contributed by atoms with Gasteiger partial charge >= 0.3 is 5.97 Å². The van der Waals surface area contributed by atoms with Crippen molar-refractivity contribution in [3.05, 3.63) is 64.2 Å². The van der Waals surface area contributed by atoms with Crippen molar-refractivity contribution >= 4 is 29.2 Å². The number of hydrogen-bond donors (Lipinski definition) is 2. The minimum atomic E-state index is -0.978. The first-order valence-electron chi connectivity index (χ1n) is 7.70. The third-order valence-corrected chi connectivity index (χ3v) is 4.33. The van der Waals surface area contributed by atoms with Gasteiger partial charge in [0.2, 0.25) is 5.91 Å². The van der Waals surface area contributed by atoms with Crippen LogP contribution in [-0.4, -0.2) is 17.0 Å². The summed E-state index contributed by atoms with van der Waals surface area (Å²) in [6.07, 6.45) is 0.229. The fourth-order valence-corrected chi connectivity index (χ4v) is 2.60. The fourth-order valence-electron chi connectivity index (χ4n) is 2.42. The number of halogens is 1. The van der Waals surface area contributed by atoms with E-state index >= 15 is 0 Å². The highest BCUT2D eigenvalue weighted by Gasteiger charge is 2.22. The van der Waals surface area contributed by atoms with Gasteiger partial charge in [-0.2, -0.15) is 0 Å². The maximum absolute atomic E-state index is 12.2. The molecule has 0 saturated carbocycles. The van der Waals surface area contributed by atoms with Crippen LogP contribution in [0.25, 0.3) is 0 Å². The molecule has 0 radical (unpaired) electrons. The van der Waals surface area contributed by atoms with E-state index in [1.54, 1.807) is 25.1 Å². The van der Waals surface area contributed by atoms with Crippen molar-refractivity contribution in [1.82, 2.24) is 0 Å². The summed E-state index contributed by atoms with van der Waals surface area (Å²) in [7, 11) is 0. The van der Waals surface area contributed by atoms with E-state index in [1.807, 2.05) is 31.2 Å². The highest BCUT2D eigenvalue weighted by molar-refractivity contribution is 6.31. The quantitative estimate of drug-likeness (QED) is 0.823. The van der Waals surface area contributed by atoms with E-state index in [1.165, 1.54) is 0 Å². The first-order chi connectivity index (χ1) is 11.4. The van der Waals surface area contributed by atoms with Crippen LogP contribution in [0.2, 0.25) is 5.02 Å². The molecule has 1 unspecified atom stereocenters. The minimum absolute atomic E-state index is 0.0881. The third kappa shape index (κ3) is 4.83. The van der Waals surface area contributed by atoms with Crippen LogP contribution in [0.1, 0.15) is 23.1 Å². The van der Waals surface area contributed by atoms with E-state index in [-0.39, 0.29) is 12.3 Å². The van der Waals surface area contributed by atoms with Crippen LogP contribution in [0.5, 0.6) is 0 Å². The maximum Gasteiger partial charge on any atom is 0.307 e. The molecule has 24 heavy (non-hydrogen) atoms. The number of amides is 1. The second-order valence-electron chi connectivity index (χ2n) is 5.89. The molecule has 2 rings (SSSR count). The van der Waals surface area contributed by atoms with Gasteiger partial charge in [-0.25, -0.2) is 0 Å². The largest absolute Gasteiger partial charge is 0.481 e. The lowest BCUT2D eigenvalue weighted by molar-refractivity contribution is -0.143. The Bertz CT molecular complexity index is 741. The van der Waals surface area contributed by atoms with Crippen LogP contribution in [0.4, 0.5) is 5.69 Å². The molecule has 0 aliphatic heterocycles. The zero-order chi connectivity index (χ0) is 17.7. The standard InChI is InChI=1S/C19H20ClNO3/c1-12-6-8-14(9-7-12)10-15(19(23)24)11-18(22)21-17-5-3-4-16(20)13(17)2/h3-9,15H,10-11H2,1-2H3,(H,21,22)(H,23,24). The number of hydrogen-bond acceptors (Lipinski definition) is 2. The minimum Gasteiger partial charge on any atom is -0.481 e. The van der Waals surface area contributed by atoms with Crippen molar-refractivity contribution in [2.45, 2.75) is 26.7 Å². The molecule has 5 heteroatoms. The molecule has 0 bridgehead atoms. The van der Waals surface area contributed by atoms with Crippen molar-refractivity contribution in [2.75, 3.05) is 5.32 Å². The number of nitrogens with one attached hydrogen (secondary N) is 1. The van der Waals surface area contributed by atoms with Crippen LogP contribution in [-0.2, 0) is 16.0 Å². The van der Waals surface area contributed by atoms with Gasteiger partial charge < -0.3 is 10.4 Å². The van der Waals surface area contributed by atoms with Crippen molar-refractivity contribution in [3.63, 3.8) is 0 Å². The average molecular weight is 346 g/mol. The lowest BCUT2D eigenvalue weighted by atomic mass is 9.95. The first-order valence-corrected chi connectivity index (χ1v) is 8.08. The molecule has 0 heterocycles. The number of carboxylic acid groups (broad SMARTS) is 1. The second-order valence-corrected chi connectivity index (χ2v) is 6.30. The summed E-state index contributed by atoms with van der Waals surface area (Å²) < 4.78 is 0. The molecule has 0 aromatic heterocycles. The number of anilines is 1. The third-order valence-electron chi connectivity index (χ3n) is 3.93. The molecular weight excluding hydrogens is 326 g/mol. The molecule has 2 N–H and O–H groups in total. The van der Waals surface area contributed by atoms with Crippen LogP contribution in [0.15, 0.2) is 42.5 Å². The first kappa shape index (κ1) is 18.0. The summed E-state index contributed by atoms with van der Waals surface area (Å²) in [5, 5.41) is 12.7. The Hall–Kier alpha value is -2.33. The maximum atomic E-state index is 12.2. The zero-order valence-corrected chi connectivity index (χ0v) is 14.4. The summed E-state index contributed by atoms with van der Waals surface area (Å²) >= 11 is 6.03. The molecule has 0 fully saturated rings. The lowest BCUT2D eigenvalue weighted by Gasteiger charge is -2.14. The molecule has 2 aromatic carbocycles. The van der Waals surface area contributed by atoms with Gasteiger partial charge in [0.15, 0.2) is 0 Å². The van der Waals surface area contributed by atoms with Gasteiger partial charge in [-0.15, -0.1) is 0 Å². The number of carboxylic acids is 1. The Kier molecular flexibility index (Phi) is 5.99. The van der Waals surface area contributed by atoms with Gasteiger partial charge in [0.1, 0.15) is 0 Å². The predicted molar refractivity (Wildman–Crippen MR) is 95.4 cm³/mol. The Balaban J connectivity index is 2.04. The number of aliphatic carboxylic acids is 1. The van der Waals surface area contributed by atoms with Crippen molar-refractivity contribution < 1.29 is 14.7 Å². The average Bonchev–Trinajstić information content (AvgIpc) is 2.53. The Morgan fingerprint density at radius 2 is 1.79 bits per heavy atom. The number of aryl methyl sites for hydroxylation is 1. The van der Waals surface area contributed by atoms with Crippen LogP contribution < -0.4 is 5.32 Å². The Morgan fingerprint density at radius 3 is 2.42 bits per heavy atom. The molecule has 0 aliphatic carbocycles. The molecule has 2 aromatic rings. The summed E-state index contributed by atoms with van der Waals surface area (Å²) in [5.74, 6) is -2.08. The molecule has 0 spiro atoms. The van der Waals surface area contributed by atoms with Crippen LogP contribution in [0.3, 0.4) is 0 Å². The topological polar surface area (TPSA) is 66.4 Å². The van der Waals surface area contributed by atoms with Crippen molar-refractivity contribution in [3.8, 4) is 0 Å². The van der Waals surface area contributed by atoms with E-state index < -0.39 is 11.9 Å². The van der Waals surface area contributed by atoms with Gasteiger partial charge in [-0.1, -0.05) is 47.5 Å². The molecule has 4 nitrogen and oxygen atoms in total. The van der Waals surface area contributed by atoms with E-state index in [4.69, 9.17) is 11.6 Å². The highest BCUT2D eigenvalue weighted by atomic mass is 35.5. The molecular formula is C19H20ClNO3. The van der Waals surface area contributed by atoms with Gasteiger partial charge in [0.25, 0.3) is 0 Å². The van der Waals surface area contributed by atoms with Gasteiger partial charge in [-0.05, 0) is 43.5 Å². The van der Waals surface area contributed by atoms with Gasteiger partial charge in [0, 0.05) is 17.1 Å². The second kappa shape index (κ2) is 7.97. The molecule has 1 atom stereocenters. The van der Waals surface area contributed by atoms with E-state index in [0.717, 1.165) is 16.7 Å². The fraction of sp³-hybridized carbons (Fsp3) is 0.263. The van der Waals surface area contributed by atoms with Gasteiger partial charge in [-0.3, -0.25) is 9.59 Å². The van der Waals surface area contributed by atoms with E-state index in [9.17, 15) is 14.7 Å². The normalized spacial score (nSPS) is 11.8. The summed E-state index contributed by atoms with van der Waals surface area (Å²) in [4.78, 5) is 23.7. The van der Waals surface area contributed by atoms with E-state index in [0.29, 0.717) is 17.1 Å². The highest BCUT2D eigenvalue weighted by Crippen LogP contribution is 2.23. The lowest BCUT2D eigenvalue weighted by Crippen LogP contribution is -2.24. The Labute approximate surface area is 146 Å². The predicted octanol–water partition coefficient (Wildman–Crippen LogP) is 4.23. The zero-order valence-electron chi connectivity index (χ0n) is 13.7. The number of benzene rings is 2. The number of carbonyl (C=O) groups excluding carboxylic acids is 1. The van der Waals surface area contributed by atoms with Crippen LogP contribution in [0, 0.1) is 19.8 Å². The van der Waals surface area contributed by atoms with Crippen molar-refractivity contribution in [2.24, 2.45) is 5.92 Å². The smallest absolute Gasteiger partial charge is 0.307 e. The molecule has 0 saturated heterocycles. The van der Waals surface area contributed by atoms with Crippen molar-refractivity contribution in [1.29, 1.82) is 0 Å².